The number of nitrogens with zero attached hydrogens (tertiary/aromatic N) is 1. The van der Waals surface area contributed by atoms with Crippen LogP contribution in [-0.2, 0) is 30.5 Å². The molecule has 1 aromatic rings. The first-order valence-electron chi connectivity index (χ1n) is 7.69. The number of esters is 1. The van der Waals surface area contributed by atoms with Gasteiger partial charge in [0, 0.05) is 11.6 Å². The number of benzene rings is 1. The van der Waals surface area contributed by atoms with Gasteiger partial charge in [-0.3, -0.25) is 9.59 Å². The molecule has 1 amide bonds. The standard InChI is InChI=1S/C15H16ClF3N2O5S/c1-27(24,25)21-6-2-3-12(21)14(23)26-8-13(22)20-11-5-4-9(16)7-10(11)15(17,18)19/h4-5,7,12H,2-3,6,8H2,1H3,(H,20,22). The van der Waals surface area contributed by atoms with Crippen LogP contribution in [0.4, 0.5) is 18.9 Å². The molecule has 1 atom stereocenters. The Morgan fingerprint density at radius 1 is 1.37 bits per heavy atom. The maximum absolute atomic E-state index is 13.0. The molecule has 27 heavy (non-hydrogen) atoms. The van der Waals surface area contributed by atoms with E-state index in [-0.39, 0.29) is 18.0 Å². The molecule has 0 bridgehead atoms. The predicted octanol–water partition coefficient (Wildman–Crippen LogP) is 2.26. The SMILES string of the molecule is CS(=O)(=O)N1CCCC1C(=O)OCC(=O)Nc1ccc(Cl)cc1C(F)(F)F. The third-order valence-electron chi connectivity index (χ3n) is 3.81. The summed E-state index contributed by atoms with van der Waals surface area (Å²) in [6, 6.07) is 1.76. The zero-order valence-electron chi connectivity index (χ0n) is 14.0. The molecule has 1 heterocycles. The van der Waals surface area contributed by atoms with Crippen molar-refractivity contribution in [2.75, 3.05) is 24.7 Å². The second kappa shape index (κ2) is 8.03. The maximum Gasteiger partial charge on any atom is 0.418 e. The summed E-state index contributed by atoms with van der Waals surface area (Å²) in [5, 5.41) is 1.85. The summed E-state index contributed by atoms with van der Waals surface area (Å²) in [6.45, 7) is -0.697. The van der Waals surface area contributed by atoms with Gasteiger partial charge in [0.2, 0.25) is 10.0 Å². The number of ether oxygens (including phenoxy) is 1. The minimum Gasteiger partial charge on any atom is -0.454 e. The molecule has 0 aromatic heterocycles. The first-order chi connectivity index (χ1) is 12.4. The Bertz CT molecular complexity index is 844. The molecule has 0 spiro atoms. The van der Waals surface area contributed by atoms with Crippen molar-refractivity contribution in [3.05, 3.63) is 28.8 Å². The van der Waals surface area contributed by atoms with Crippen molar-refractivity contribution in [2.45, 2.75) is 25.1 Å². The van der Waals surface area contributed by atoms with Crippen molar-refractivity contribution in [1.29, 1.82) is 0 Å². The van der Waals surface area contributed by atoms with Crippen LogP contribution in [0.2, 0.25) is 5.02 Å². The summed E-state index contributed by atoms with van der Waals surface area (Å²) in [4.78, 5) is 23.9. The highest BCUT2D eigenvalue weighted by atomic mass is 35.5. The highest BCUT2D eigenvalue weighted by Crippen LogP contribution is 2.36. The molecule has 1 fully saturated rings. The van der Waals surface area contributed by atoms with E-state index < -0.39 is 52.0 Å². The van der Waals surface area contributed by atoms with Gasteiger partial charge in [0.25, 0.3) is 5.91 Å². The second-order valence-electron chi connectivity index (χ2n) is 5.88. The Morgan fingerprint density at radius 2 is 2.04 bits per heavy atom. The Morgan fingerprint density at radius 3 is 2.63 bits per heavy atom. The fourth-order valence-electron chi connectivity index (χ4n) is 2.65. The zero-order chi connectivity index (χ0) is 20.4. The Balaban J connectivity index is 2.00. The number of sulfonamides is 1. The molecule has 0 radical (unpaired) electrons. The highest BCUT2D eigenvalue weighted by molar-refractivity contribution is 7.88. The van der Waals surface area contributed by atoms with E-state index in [4.69, 9.17) is 16.3 Å². The van der Waals surface area contributed by atoms with E-state index in [2.05, 4.69) is 0 Å². The van der Waals surface area contributed by atoms with Crippen LogP contribution in [0.3, 0.4) is 0 Å². The summed E-state index contributed by atoms with van der Waals surface area (Å²) in [6.07, 6.45) is -3.10. The quantitative estimate of drug-likeness (QED) is 0.726. The Kier molecular flexibility index (Phi) is 6.38. The predicted molar refractivity (Wildman–Crippen MR) is 90.6 cm³/mol. The normalized spacial score (nSPS) is 18.3. The van der Waals surface area contributed by atoms with Gasteiger partial charge in [-0.2, -0.15) is 17.5 Å². The summed E-state index contributed by atoms with van der Waals surface area (Å²) in [7, 11) is -3.62. The monoisotopic (exact) mass is 428 g/mol. The van der Waals surface area contributed by atoms with E-state index in [9.17, 15) is 31.2 Å². The molecule has 2 rings (SSSR count). The fraction of sp³-hybridized carbons (Fsp3) is 0.467. The molecule has 0 aliphatic carbocycles. The van der Waals surface area contributed by atoms with Crippen molar-refractivity contribution in [3.63, 3.8) is 0 Å². The maximum atomic E-state index is 13.0. The lowest BCUT2D eigenvalue weighted by molar-refractivity contribution is -0.150. The average Bonchev–Trinajstić information content (AvgIpc) is 3.03. The summed E-state index contributed by atoms with van der Waals surface area (Å²) in [5.41, 5.74) is -1.68. The third kappa shape index (κ3) is 5.56. The van der Waals surface area contributed by atoms with E-state index in [0.29, 0.717) is 12.5 Å². The van der Waals surface area contributed by atoms with Crippen LogP contribution in [0.5, 0.6) is 0 Å². The molecule has 150 valence electrons. The van der Waals surface area contributed by atoms with Gasteiger partial charge in [0.15, 0.2) is 6.61 Å². The van der Waals surface area contributed by atoms with Gasteiger partial charge in [0.1, 0.15) is 6.04 Å². The van der Waals surface area contributed by atoms with Crippen molar-refractivity contribution >= 4 is 39.2 Å². The number of rotatable bonds is 5. The van der Waals surface area contributed by atoms with Crippen LogP contribution in [0, 0.1) is 0 Å². The molecular weight excluding hydrogens is 413 g/mol. The van der Waals surface area contributed by atoms with Crippen LogP contribution in [0.15, 0.2) is 18.2 Å². The number of amides is 1. The van der Waals surface area contributed by atoms with Gasteiger partial charge in [-0.1, -0.05) is 11.6 Å². The number of hydrogen-bond donors (Lipinski definition) is 1. The van der Waals surface area contributed by atoms with Crippen LogP contribution >= 0.6 is 11.6 Å². The lowest BCUT2D eigenvalue weighted by atomic mass is 10.1. The van der Waals surface area contributed by atoms with E-state index in [1.165, 1.54) is 6.07 Å². The molecule has 1 aliphatic heterocycles. The van der Waals surface area contributed by atoms with E-state index in [0.717, 1.165) is 16.6 Å². The third-order valence-corrected chi connectivity index (χ3v) is 5.33. The van der Waals surface area contributed by atoms with Crippen LogP contribution in [0.25, 0.3) is 0 Å². The van der Waals surface area contributed by atoms with Crippen LogP contribution in [0.1, 0.15) is 18.4 Å². The first-order valence-corrected chi connectivity index (χ1v) is 9.92. The molecule has 1 N–H and O–H groups in total. The van der Waals surface area contributed by atoms with Crippen molar-refractivity contribution in [1.82, 2.24) is 4.31 Å². The highest BCUT2D eigenvalue weighted by Gasteiger charge is 2.38. The number of alkyl halides is 3. The van der Waals surface area contributed by atoms with Gasteiger partial charge < -0.3 is 10.1 Å². The first kappa shape index (κ1) is 21.5. The van der Waals surface area contributed by atoms with Crippen LogP contribution < -0.4 is 5.32 Å². The fourth-order valence-corrected chi connectivity index (χ4v) is 3.94. The molecule has 1 aromatic carbocycles. The Labute approximate surface area is 158 Å². The molecular formula is C15H16ClF3N2O5S. The Hall–Kier alpha value is -1.85. The van der Waals surface area contributed by atoms with Crippen molar-refractivity contribution in [2.24, 2.45) is 0 Å². The molecule has 1 saturated heterocycles. The zero-order valence-corrected chi connectivity index (χ0v) is 15.6. The van der Waals surface area contributed by atoms with Crippen LogP contribution in [-0.4, -0.2) is 50.0 Å². The van der Waals surface area contributed by atoms with Gasteiger partial charge in [-0.25, -0.2) is 8.42 Å². The lowest BCUT2D eigenvalue weighted by Crippen LogP contribution is -2.41. The second-order valence-corrected chi connectivity index (χ2v) is 8.25. The number of carbonyl (C=O) groups excluding carboxylic acids is 2. The van der Waals surface area contributed by atoms with Crippen molar-refractivity contribution < 1.29 is 35.9 Å². The minimum atomic E-state index is -4.75. The molecule has 1 aliphatic rings. The number of nitrogens with one attached hydrogen (secondary N) is 1. The lowest BCUT2D eigenvalue weighted by Gasteiger charge is -2.20. The van der Waals surface area contributed by atoms with Crippen molar-refractivity contribution in [3.8, 4) is 0 Å². The summed E-state index contributed by atoms with van der Waals surface area (Å²) in [5.74, 6) is -1.93. The molecule has 12 heteroatoms. The van der Waals surface area contributed by atoms with Gasteiger partial charge in [-0.15, -0.1) is 0 Å². The smallest absolute Gasteiger partial charge is 0.418 e. The average molecular weight is 429 g/mol. The molecule has 7 nitrogen and oxygen atoms in total. The topological polar surface area (TPSA) is 92.8 Å². The van der Waals surface area contributed by atoms with E-state index in [1.807, 2.05) is 5.32 Å². The number of anilines is 1. The molecule has 1 unspecified atom stereocenters. The number of hydrogen-bond acceptors (Lipinski definition) is 5. The van der Waals surface area contributed by atoms with Gasteiger partial charge in [-0.05, 0) is 31.0 Å². The largest absolute Gasteiger partial charge is 0.454 e. The minimum absolute atomic E-state index is 0.157. The number of halogens is 4. The summed E-state index contributed by atoms with van der Waals surface area (Å²) >= 11 is 5.55. The van der Waals surface area contributed by atoms with E-state index in [1.54, 1.807) is 0 Å². The van der Waals surface area contributed by atoms with E-state index >= 15 is 0 Å². The number of carbonyl (C=O) groups is 2. The van der Waals surface area contributed by atoms with Gasteiger partial charge in [0.05, 0.1) is 17.5 Å². The summed E-state index contributed by atoms with van der Waals surface area (Å²) < 4.78 is 67.9. The molecule has 0 saturated carbocycles. The van der Waals surface area contributed by atoms with Gasteiger partial charge >= 0.3 is 12.1 Å².